The fourth-order valence-electron chi connectivity index (χ4n) is 4.82. The van der Waals surface area contributed by atoms with E-state index >= 15 is 0 Å². The van der Waals surface area contributed by atoms with Gasteiger partial charge in [0, 0.05) is 61.5 Å². The number of hydrogen-bond acceptors (Lipinski definition) is 10. The maximum absolute atomic E-state index is 12.7. The SMILES string of the molecule is N#Cc1cnc2nc1Nc1cccc(c1)CN(CCN1CCOCC1)CCC(=O)NCCCOc1ccc(I)cc1N2. The molecule has 42 heavy (non-hydrogen) atoms. The Labute approximate surface area is 259 Å². The molecule has 0 atom stereocenters. The monoisotopic (exact) mass is 682 g/mol. The second-order valence-electron chi connectivity index (χ2n) is 10.2. The fraction of sp³-hybridized carbons (Fsp3) is 0.400. The van der Waals surface area contributed by atoms with Crippen LogP contribution in [-0.2, 0) is 16.1 Å². The molecule has 11 nitrogen and oxygen atoms in total. The van der Waals surface area contributed by atoms with Crippen molar-refractivity contribution in [1.82, 2.24) is 25.1 Å². The number of fused-ring (bicyclic) bond motifs is 5. The van der Waals surface area contributed by atoms with Crippen LogP contribution in [0.25, 0.3) is 0 Å². The molecule has 2 aliphatic rings. The molecule has 5 rings (SSSR count). The average molecular weight is 683 g/mol. The Balaban J connectivity index is 1.39. The van der Waals surface area contributed by atoms with E-state index < -0.39 is 0 Å². The lowest BCUT2D eigenvalue weighted by Crippen LogP contribution is -2.42. The van der Waals surface area contributed by atoms with Crippen LogP contribution in [0.1, 0.15) is 24.0 Å². The van der Waals surface area contributed by atoms with Gasteiger partial charge in [0.25, 0.3) is 0 Å². The lowest BCUT2D eigenvalue weighted by molar-refractivity contribution is -0.121. The first-order chi connectivity index (χ1) is 20.6. The topological polar surface area (TPSA) is 128 Å². The van der Waals surface area contributed by atoms with E-state index in [1.807, 2.05) is 30.3 Å². The van der Waals surface area contributed by atoms with Crippen LogP contribution in [-0.4, -0.2) is 84.8 Å². The molecule has 0 unspecified atom stereocenters. The molecule has 0 saturated carbocycles. The Bertz CT molecular complexity index is 1410. The molecule has 12 heteroatoms. The third-order valence-corrected chi connectivity index (χ3v) is 7.76. The van der Waals surface area contributed by atoms with Gasteiger partial charge in [0.15, 0.2) is 5.82 Å². The lowest BCUT2D eigenvalue weighted by atomic mass is 10.1. The van der Waals surface area contributed by atoms with Crippen LogP contribution in [0.2, 0.25) is 0 Å². The predicted molar refractivity (Wildman–Crippen MR) is 169 cm³/mol. The van der Waals surface area contributed by atoms with E-state index in [0.717, 1.165) is 59.9 Å². The van der Waals surface area contributed by atoms with Crippen molar-refractivity contribution in [3.05, 3.63) is 63.4 Å². The van der Waals surface area contributed by atoms with E-state index in [9.17, 15) is 10.1 Å². The van der Waals surface area contributed by atoms with Gasteiger partial charge >= 0.3 is 0 Å². The van der Waals surface area contributed by atoms with Crippen LogP contribution in [0.15, 0.2) is 48.7 Å². The second-order valence-corrected chi connectivity index (χ2v) is 11.4. The van der Waals surface area contributed by atoms with Crippen molar-refractivity contribution < 1.29 is 14.3 Å². The quantitative estimate of drug-likeness (QED) is 0.351. The van der Waals surface area contributed by atoms with E-state index in [0.29, 0.717) is 62.2 Å². The predicted octanol–water partition coefficient (Wildman–Crippen LogP) is 3.86. The van der Waals surface area contributed by atoms with Gasteiger partial charge in [-0.2, -0.15) is 10.2 Å². The summed E-state index contributed by atoms with van der Waals surface area (Å²) < 4.78 is 12.6. The summed E-state index contributed by atoms with van der Waals surface area (Å²) in [7, 11) is 0. The molecule has 3 N–H and O–H groups in total. The number of benzene rings is 2. The summed E-state index contributed by atoms with van der Waals surface area (Å²) in [5.74, 6) is 1.45. The number of ether oxygens (including phenoxy) is 2. The molecule has 1 saturated heterocycles. The van der Waals surface area contributed by atoms with E-state index in [-0.39, 0.29) is 5.91 Å². The second kappa shape index (κ2) is 15.1. The third kappa shape index (κ3) is 8.75. The Kier molecular flexibility index (Phi) is 10.8. The number of morpholine rings is 1. The molecule has 3 aromatic rings. The maximum Gasteiger partial charge on any atom is 0.229 e. The Hall–Kier alpha value is -3.51. The van der Waals surface area contributed by atoms with Crippen molar-refractivity contribution in [2.24, 2.45) is 0 Å². The summed E-state index contributed by atoms with van der Waals surface area (Å²) in [5, 5.41) is 19.3. The average Bonchev–Trinajstić information content (AvgIpc) is 3.00. The summed E-state index contributed by atoms with van der Waals surface area (Å²) in [5.41, 5.74) is 2.97. The molecule has 1 amide bonds. The van der Waals surface area contributed by atoms with Gasteiger partial charge in [0.05, 0.1) is 31.7 Å². The lowest BCUT2D eigenvalue weighted by Gasteiger charge is -2.30. The normalized spacial score (nSPS) is 17.4. The van der Waals surface area contributed by atoms with Gasteiger partial charge in [-0.1, -0.05) is 12.1 Å². The third-order valence-electron chi connectivity index (χ3n) is 7.09. The standard InChI is InChI=1S/C30H35IN8O3/c31-24-5-6-27-26(18-24)36-30-34-20-23(19-32)29(37-30)35-25-4-1-3-22(17-25)21-39(11-10-38-12-15-41-16-13-38)9-7-28(40)33-8-2-14-42-27/h1,3-6,17-18,20H,2,7-16,21H2,(H,33,40)(H2,34,35,36,37). The highest BCUT2D eigenvalue weighted by atomic mass is 127. The number of carbonyl (C=O) groups is 1. The number of hydrogen-bond donors (Lipinski definition) is 3. The molecule has 0 spiro atoms. The van der Waals surface area contributed by atoms with Crippen molar-refractivity contribution in [1.29, 1.82) is 5.26 Å². The van der Waals surface area contributed by atoms with Crippen LogP contribution >= 0.6 is 22.6 Å². The molecule has 220 valence electrons. The van der Waals surface area contributed by atoms with Crippen LogP contribution in [0.4, 0.5) is 23.1 Å². The van der Waals surface area contributed by atoms with Gasteiger partial charge in [-0.3, -0.25) is 14.6 Å². The number of anilines is 4. The smallest absolute Gasteiger partial charge is 0.229 e. The molecule has 0 radical (unpaired) electrons. The van der Waals surface area contributed by atoms with Gasteiger partial charge in [-0.15, -0.1) is 0 Å². The van der Waals surface area contributed by atoms with Crippen LogP contribution in [0, 0.1) is 14.9 Å². The van der Waals surface area contributed by atoms with Crippen molar-refractivity contribution >= 4 is 51.6 Å². The van der Waals surface area contributed by atoms with Gasteiger partial charge in [-0.25, -0.2) is 4.98 Å². The summed E-state index contributed by atoms with van der Waals surface area (Å²) in [6.07, 6.45) is 2.60. The zero-order valence-corrected chi connectivity index (χ0v) is 25.6. The van der Waals surface area contributed by atoms with E-state index in [1.165, 1.54) is 6.20 Å². The van der Waals surface area contributed by atoms with E-state index in [2.05, 4.69) is 76.5 Å². The van der Waals surface area contributed by atoms with E-state index in [4.69, 9.17) is 9.47 Å². The minimum Gasteiger partial charge on any atom is -0.491 e. The Morgan fingerprint density at radius 1 is 1.02 bits per heavy atom. The van der Waals surface area contributed by atoms with Crippen LogP contribution < -0.4 is 20.7 Å². The van der Waals surface area contributed by atoms with Crippen molar-refractivity contribution in [3.8, 4) is 11.8 Å². The highest BCUT2D eigenvalue weighted by molar-refractivity contribution is 14.1. The minimum atomic E-state index is 0.0347. The van der Waals surface area contributed by atoms with Gasteiger partial charge in [0.2, 0.25) is 11.9 Å². The number of carbonyl (C=O) groups excluding carboxylic acids is 1. The molecule has 2 aliphatic heterocycles. The van der Waals surface area contributed by atoms with E-state index in [1.54, 1.807) is 0 Å². The Morgan fingerprint density at radius 2 is 1.88 bits per heavy atom. The molecule has 1 aromatic heterocycles. The number of halogens is 1. The first kappa shape index (κ1) is 30.0. The van der Waals surface area contributed by atoms with Crippen molar-refractivity contribution in [2.75, 3.05) is 69.7 Å². The number of nitrogens with zero attached hydrogens (tertiary/aromatic N) is 5. The summed E-state index contributed by atoms with van der Waals surface area (Å²) in [6, 6.07) is 16.1. The molecule has 4 bridgehead atoms. The minimum absolute atomic E-state index is 0.0347. The molecule has 3 heterocycles. The van der Waals surface area contributed by atoms with Crippen LogP contribution in [0.5, 0.6) is 5.75 Å². The highest BCUT2D eigenvalue weighted by Crippen LogP contribution is 2.30. The first-order valence-electron chi connectivity index (χ1n) is 14.2. The summed E-state index contributed by atoms with van der Waals surface area (Å²) in [4.78, 5) is 26.4. The maximum atomic E-state index is 12.7. The molecule has 2 aromatic carbocycles. The number of rotatable bonds is 3. The molecular formula is C30H35IN8O3. The number of nitrogens with one attached hydrogen (secondary N) is 3. The zero-order chi connectivity index (χ0) is 29.1. The summed E-state index contributed by atoms with van der Waals surface area (Å²) >= 11 is 2.24. The Morgan fingerprint density at radius 3 is 2.74 bits per heavy atom. The van der Waals surface area contributed by atoms with Gasteiger partial charge in [-0.05, 0) is 64.9 Å². The highest BCUT2D eigenvalue weighted by Gasteiger charge is 2.16. The van der Waals surface area contributed by atoms with Gasteiger partial charge < -0.3 is 25.4 Å². The zero-order valence-electron chi connectivity index (χ0n) is 23.4. The van der Waals surface area contributed by atoms with Crippen molar-refractivity contribution in [3.63, 3.8) is 0 Å². The number of nitriles is 1. The number of aromatic nitrogens is 2. The fourth-order valence-corrected chi connectivity index (χ4v) is 5.31. The van der Waals surface area contributed by atoms with Gasteiger partial charge in [0.1, 0.15) is 17.4 Å². The largest absolute Gasteiger partial charge is 0.491 e. The summed E-state index contributed by atoms with van der Waals surface area (Å²) in [6.45, 7) is 7.46. The first-order valence-corrected chi connectivity index (χ1v) is 15.3. The van der Waals surface area contributed by atoms with Crippen LogP contribution in [0.3, 0.4) is 0 Å². The van der Waals surface area contributed by atoms with Crippen molar-refractivity contribution in [2.45, 2.75) is 19.4 Å². The molecule has 1 fully saturated rings. The molecular weight excluding hydrogens is 647 g/mol. The number of amides is 1. The molecule has 0 aliphatic carbocycles.